The number of ether oxygens (including phenoxy) is 2. The molecule has 0 bridgehead atoms. The molecule has 1 heterocycles. The molecule has 2 unspecified atom stereocenters. The van der Waals surface area contributed by atoms with E-state index in [-0.39, 0.29) is 18.1 Å². The van der Waals surface area contributed by atoms with Crippen LogP contribution in [0, 0.1) is 0 Å². The van der Waals surface area contributed by atoms with Crippen LogP contribution in [0.15, 0.2) is 24.3 Å². The lowest BCUT2D eigenvalue weighted by Crippen LogP contribution is -2.40. The van der Waals surface area contributed by atoms with E-state index in [1.54, 1.807) is 19.2 Å². The molecule has 1 fully saturated rings. The maximum atomic E-state index is 12.1. The van der Waals surface area contributed by atoms with Crippen molar-refractivity contribution in [3.8, 4) is 5.75 Å². The van der Waals surface area contributed by atoms with E-state index < -0.39 is 0 Å². The fourth-order valence-electron chi connectivity index (χ4n) is 2.21. The quantitative estimate of drug-likeness (QED) is 0.887. The van der Waals surface area contributed by atoms with Crippen LogP contribution >= 0.6 is 0 Å². The Bertz CT molecular complexity index is 413. The van der Waals surface area contributed by atoms with E-state index in [1.807, 2.05) is 19.1 Å². The van der Waals surface area contributed by atoms with Crippen molar-refractivity contribution in [2.24, 2.45) is 0 Å². The lowest BCUT2D eigenvalue weighted by atomic mass is 10.1. The van der Waals surface area contributed by atoms with Crippen molar-refractivity contribution in [3.05, 3.63) is 29.8 Å². The highest BCUT2D eigenvalue weighted by atomic mass is 16.5. The average Bonchev–Trinajstić information content (AvgIpc) is 2.92. The van der Waals surface area contributed by atoms with E-state index >= 15 is 0 Å². The number of carbonyl (C=O) groups excluding carboxylic acids is 1. The number of hydrogen-bond donors (Lipinski definition) is 1. The molecule has 1 aromatic rings. The van der Waals surface area contributed by atoms with E-state index in [4.69, 9.17) is 9.47 Å². The first-order chi connectivity index (χ1) is 8.72. The molecule has 2 rings (SSSR count). The van der Waals surface area contributed by atoms with Gasteiger partial charge in [0.05, 0.1) is 24.8 Å². The number of carbonyl (C=O) groups is 1. The summed E-state index contributed by atoms with van der Waals surface area (Å²) in [5, 5.41) is 2.97. The van der Waals surface area contributed by atoms with Gasteiger partial charge in [-0.1, -0.05) is 12.1 Å². The number of nitrogens with one attached hydrogen (secondary N) is 1. The number of para-hydroxylation sites is 1. The summed E-state index contributed by atoms with van der Waals surface area (Å²) in [5.41, 5.74) is 0.560. The predicted molar refractivity (Wildman–Crippen MR) is 68.9 cm³/mol. The average molecular weight is 249 g/mol. The van der Waals surface area contributed by atoms with E-state index in [0.717, 1.165) is 19.4 Å². The number of methoxy groups -OCH3 is 1. The first-order valence-corrected chi connectivity index (χ1v) is 6.28. The van der Waals surface area contributed by atoms with Crippen LogP contribution in [0.25, 0.3) is 0 Å². The molecule has 1 aliphatic heterocycles. The Labute approximate surface area is 107 Å². The molecule has 1 saturated heterocycles. The minimum absolute atomic E-state index is 0.0184. The number of hydrogen-bond acceptors (Lipinski definition) is 3. The van der Waals surface area contributed by atoms with E-state index in [9.17, 15) is 4.79 Å². The first-order valence-electron chi connectivity index (χ1n) is 6.28. The molecule has 2 atom stereocenters. The van der Waals surface area contributed by atoms with Crippen LogP contribution in [0.5, 0.6) is 5.75 Å². The van der Waals surface area contributed by atoms with Gasteiger partial charge in [-0.2, -0.15) is 0 Å². The molecule has 98 valence electrons. The monoisotopic (exact) mass is 249 g/mol. The van der Waals surface area contributed by atoms with Crippen LogP contribution in [-0.2, 0) is 4.74 Å². The Morgan fingerprint density at radius 2 is 2.28 bits per heavy atom. The van der Waals surface area contributed by atoms with Gasteiger partial charge in [-0.05, 0) is 31.9 Å². The SMILES string of the molecule is COc1ccccc1C(=O)NC(C)C1CCCO1. The lowest BCUT2D eigenvalue weighted by molar-refractivity contribution is 0.0710. The minimum atomic E-state index is -0.115. The van der Waals surface area contributed by atoms with Gasteiger partial charge in [-0.3, -0.25) is 4.79 Å². The molecule has 4 nitrogen and oxygen atoms in total. The van der Waals surface area contributed by atoms with Crippen molar-refractivity contribution in [2.75, 3.05) is 13.7 Å². The molecule has 1 aliphatic rings. The van der Waals surface area contributed by atoms with E-state index in [0.29, 0.717) is 11.3 Å². The first kappa shape index (κ1) is 12.9. The van der Waals surface area contributed by atoms with Crippen LogP contribution < -0.4 is 10.1 Å². The molecule has 0 saturated carbocycles. The van der Waals surface area contributed by atoms with Crippen molar-refractivity contribution < 1.29 is 14.3 Å². The Kier molecular flexibility index (Phi) is 4.20. The van der Waals surface area contributed by atoms with Gasteiger partial charge in [0, 0.05) is 6.61 Å². The summed E-state index contributed by atoms with van der Waals surface area (Å²) in [5.74, 6) is 0.477. The molecule has 0 spiro atoms. The number of amides is 1. The Hall–Kier alpha value is -1.55. The van der Waals surface area contributed by atoms with Gasteiger partial charge in [-0.15, -0.1) is 0 Å². The van der Waals surface area contributed by atoms with Gasteiger partial charge in [0.1, 0.15) is 5.75 Å². The molecule has 1 N–H and O–H groups in total. The molecule has 0 aromatic heterocycles. The third-order valence-corrected chi connectivity index (χ3v) is 3.23. The van der Waals surface area contributed by atoms with Crippen LogP contribution in [0.2, 0.25) is 0 Å². The predicted octanol–water partition coefficient (Wildman–Crippen LogP) is 1.99. The normalized spacial score (nSPS) is 20.4. The fourth-order valence-corrected chi connectivity index (χ4v) is 2.21. The summed E-state index contributed by atoms with van der Waals surface area (Å²) in [6, 6.07) is 7.24. The van der Waals surface area contributed by atoms with E-state index in [1.165, 1.54) is 0 Å². The summed E-state index contributed by atoms with van der Waals surface area (Å²) in [6.07, 6.45) is 2.20. The maximum absolute atomic E-state index is 12.1. The zero-order chi connectivity index (χ0) is 13.0. The summed E-state index contributed by atoms with van der Waals surface area (Å²) >= 11 is 0. The minimum Gasteiger partial charge on any atom is -0.496 e. The molecular weight excluding hydrogens is 230 g/mol. The number of rotatable bonds is 4. The summed E-state index contributed by atoms with van der Waals surface area (Å²) in [4.78, 5) is 12.1. The Morgan fingerprint density at radius 1 is 1.50 bits per heavy atom. The second-order valence-corrected chi connectivity index (χ2v) is 4.51. The second kappa shape index (κ2) is 5.87. The van der Waals surface area contributed by atoms with Gasteiger partial charge in [0.15, 0.2) is 0 Å². The highest BCUT2D eigenvalue weighted by Gasteiger charge is 2.24. The van der Waals surface area contributed by atoms with Crippen molar-refractivity contribution >= 4 is 5.91 Å². The Morgan fingerprint density at radius 3 is 2.94 bits per heavy atom. The van der Waals surface area contributed by atoms with Crippen molar-refractivity contribution in [1.82, 2.24) is 5.32 Å². The third-order valence-electron chi connectivity index (χ3n) is 3.23. The van der Waals surface area contributed by atoms with Crippen LogP contribution in [0.4, 0.5) is 0 Å². The fraction of sp³-hybridized carbons (Fsp3) is 0.500. The molecule has 1 aromatic carbocycles. The third kappa shape index (κ3) is 2.82. The maximum Gasteiger partial charge on any atom is 0.255 e. The van der Waals surface area contributed by atoms with Gasteiger partial charge in [0.25, 0.3) is 5.91 Å². The Balaban J connectivity index is 2.02. The molecule has 0 radical (unpaired) electrons. The zero-order valence-corrected chi connectivity index (χ0v) is 10.8. The summed E-state index contributed by atoms with van der Waals surface area (Å²) < 4.78 is 10.7. The highest BCUT2D eigenvalue weighted by molar-refractivity contribution is 5.97. The van der Waals surface area contributed by atoms with Gasteiger partial charge >= 0.3 is 0 Å². The van der Waals surface area contributed by atoms with Gasteiger partial charge < -0.3 is 14.8 Å². The largest absolute Gasteiger partial charge is 0.496 e. The lowest BCUT2D eigenvalue weighted by Gasteiger charge is -2.20. The number of benzene rings is 1. The molecule has 18 heavy (non-hydrogen) atoms. The topological polar surface area (TPSA) is 47.6 Å². The van der Waals surface area contributed by atoms with Crippen LogP contribution in [-0.4, -0.2) is 31.8 Å². The van der Waals surface area contributed by atoms with Gasteiger partial charge in [0.2, 0.25) is 0 Å². The molecule has 0 aliphatic carbocycles. The van der Waals surface area contributed by atoms with Crippen LogP contribution in [0.3, 0.4) is 0 Å². The van der Waals surface area contributed by atoms with Crippen molar-refractivity contribution in [3.63, 3.8) is 0 Å². The van der Waals surface area contributed by atoms with Crippen LogP contribution in [0.1, 0.15) is 30.1 Å². The smallest absolute Gasteiger partial charge is 0.255 e. The summed E-state index contributed by atoms with van der Waals surface area (Å²) in [7, 11) is 1.57. The zero-order valence-electron chi connectivity index (χ0n) is 10.8. The highest BCUT2D eigenvalue weighted by Crippen LogP contribution is 2.19. The van der Waals surface area contributed by atoms with Crippen molar-refractivity contribution in [1.29, 1.82) is 0 Å². The van der Waals surface area contributed by atoms with Gasteiger partial charge in [-0.25, -0.2) is 0 Å². The molecule has 1 amide bonds. The molecular formula is C14H19NO3. The summed E-state index contributed by atoms with van der Waals surface area (Å²) in [6.45, 7) is 2.77. The molecule has 4 heteroatoms. The second-order valence-electron chi connectivity index (χ2n) is 4.51. The standard InChI is InChI=1S/C14H19NO3/c1-10(12-8-5-9-18-12)15-14(16)11-6-3-4-7-13(11)17-2/h3-4,6-7,10,12H,5,8-9H2,1-2H3,(H,15,16). The van der Waals surface area contributed by atoms with Crippen molar-refractivity contribution in [2.45, 2.75) is 31.9 Å². The van der Waals surface area contributed by atoms with E-state index in [2.05, 4.69) is 5.32 Å².